The second kappa shape index (κ2) is 6.33. The molecule has 104 valence electrons. The van der Waals surface area contributed by atoms with E-state index in [-0.39, 0.29) is 17.6 Å². The number of hydrogen-bond donors (Lipinski definition) is 0. The van der Waals surface area contributed by atoms with Crippen molar-refractivity contribution in [3.8, 4) is 0 Å². The second-order valence-electron chi connectivity index (χ2n) is 4.95. The van der Waals surface area contributed by atoms with Gasteiger partial charge in [0.15, 0.2) is 0 Å². The third-order valence-electron chi connectivity index (χ3n) is 3.38. The maximum atomic E-state index is 12.9. The summed E-state index contributed by atoms with van der Waals surface area (Å²) in [6.45, 7) is 2.38. The van der Waals surface area contributed by atoms with Crippen LogP contribution in [0.25, 0.3) is 0 Å². The first-order valence-electron chi connectivity index (χ1n) is 6.62. The highest BCUT2D eigenvalue weighted by atomic mass is 19.1. The van der Waals surface area contributed by atoms with E-state index < -0.39 is 0 Å². The Labute approximate surface area is 118 Å². The summed E-state index contributed by atoms with van der Waals surface area (Å²) in [6.07, 6.45) is 0. The van der Waals surface area contributed by atoms with Crippen LogP contribution in [-0.2, 0) is 11.3 Å². The zero-order valence-corrected chi connectivity index (χ0v) is 11.7. The molecule has 0 bridgehead atoms. The summed E-state index contributed by atoms with van der Waals surface area (Å²) in [5.74, 6) is -0.387. The summed E-state index contributed by atoms with van der Waals surface area (Å²) >= 11 is 0. The molecule has 2 nitrogen and oxygen atoms in total. The predicted molar refractivity (Wildman–Crippen MR) is 77.7 cm³/mol. The van der Waals surface area contributed by atoms with Gasteiger partial charge in [0.25, 0.3) is 0 Å². The van der Waals surface area contributed by atoms with Crippen molar-refractivity contribution in [1.82, 2.24) is 4.90 Å². The van der Waals surface area contributed by atoms with Gasteiger partial charge in [-0.05, 0) is 30.2 Å². The smallest absolute Gasteiger partial charge is 0.229 e. The Bertz CT molecular complexity index is 565. The molecule has 3 heteroatoms. The van der Waals surface area contributed by atoms with Gasteiger partial charge < -0.3 is 4.90 Å². The maximum absolute atomic E-state index is 12.9. The highest BCUT2D eigenvalue weighted by molar-refractivity contribution is 5.83. The lowest BCUT2D eigenvalue weighted by Crippen LogP contribution is -2.30. The van der Waals surface area contributed by atoms with Crippen LogP contribution < -0.4 is 0 Å². The van der Waals surface area contributed by atoms with Crippen molar-refractivity contribution in [2.45, 2.75) is 19.4 Å². The molecule has 20 heavy (non-hydrogen) atoms. The molecule has 0 aliphatic carbocycles. The Balaban J connectivity index is 2.03. The minimum Gasteiger partial charge on any atom is -0.341 e. The SMILES string of the molecule is C[C@H](C(=O)N(C)Cc1ccc(F)cc1)c1ccccc1. The van der Waals surface area contributed by atoms with Gasteiger partial charge in [-0.2, -0.15) is 0 Å². The van der Waals surface area contributed by atoms with Crippen molar-refractivity contribution in [3.63, 3.8) is 0 Å². The second-order valence-corrected chi connectivity index (χ2v) is 4.95. The van der Waals surface area contributed by atoms with Crippen LogP contribution in [-0.4, -0.2) is 17.9 Å². The van der Waals surface area contributed by atoms with E-state index in [2.05, 4.69) is 0 Å². The van der Waals surface area contributed by atoms with E-state index in [0.29, 0.717) is 6.54 Å². The molecular weight excluding hydrogens is 253 g/mol. The topological polar surface area (TPSA) is 20.3 Å². The first kappa shape index (κ1) is 14.3. The van der Waals surface area contributed by atoms with Crippen LogP contribution in [0.1, 0.15) is 24.0 Å². The highest BCUT2D eigenvalue weighted by Crippen LogP contribution is 2.18. The van der Waals surface area contributed by atoms with Crippen LogP contribution in [0.5, 0.6) is 0 Å². The van der Waals surface area contributed by atoms with E-state index in [0.717, 1.165) is 11.1 Å². The average molecular weight is 271 g/mol. The monoisotopic (exact) mass is 271 g/mol. The van der Waals surface area contributed by atoms with Gasteiger partial charge in [0.05, 0.1) is 5.92 Å². The number of halogens is 1. The number of nitrogens with zero attached hydrogens (tertiary/aromatic N) is 1. The molecule has 1 atom stereocenters. The Kier molecular flexibility index (Phi) is 4.51. The zero-order valence-electron chi connectivity index (χ0n) is 11.7. The molecule has 2 rings (SSSR count). The van der Waals surface area contributed by atoms with Crippen molar-refractivity contribution in [1.29, 1.82) is 0 Å². The summed E-state index contributed by atoms with van der Waals surface area (Å²) in [5.41, 5.74) is 1.92. The maximum Gasteiger partial charge on any atom is 0.229 e. The fraction of sp³-hybridized carbons (Fsp3) is 0.235. The van der Waals surface area contributed by atoms with Gasteiger partial charge in [-0.15, -0.1) is 0 Å². The van der Waals surface area contributed by atoms with Crippen LogP contribution in [0.4, 0.5) is 4.39 Å². The molecule has 2 aromatic carbocycles. The Morgan fingerprint density at radius 2 is 1.70 bits per heavy atom. The van der Waals surface area contributed by atoms with Gasteiger partial charge in [0.2, 0.25) is 5.91 Å². The number of amides is 1. The third-order valence-corrected chi connectivity index (χ3v) is 3.38. The molecule has 0 aromatic heterocycles. The molecule has 0 aliphatic rings. The lowest BCUT2D eigenvalue weighted by Gasteiger charge is -2.21. The summed E-state index contributed by atoms with van der Waals surface area (Å²) in [6, 6.07) is 15.9. The van der Waals surface area contributed by atoms with Crippen molar-refractivity contribution in [3.05, 3.63) is 71.5 Å². The number of carbonyl (C=O) groups excluding carboxylic acids is 1. The van der Waals surface area contributed by atoms with E-state index in [9.17, 15) is 9.18 Å². The first-order valence-corrected chi connectivity index (χ1v) is 6.62. The summed E-state index contributed by atoms with van der Waals surface area (Å²) in [4.78, 5) is 14.0. The van der Waals surface area contributed by atoms with Crippen LogP contribution >= 0.6 is 0 Å². The third kappa shape index (κ3) is 3.44. The molecule has 0 unspecified atom stereocenters. The number of benzene rings is 2. The van der Waals surface area contributed by atoms with E-state index in [1.165, 1.54) is 12.1 Å². The quantitative estimate of drug-likeness (QED) is 0.832. The molecule has 0 radical (unpaired) electrons. The zero-order chi connectivity index (χ0) is 14.5. The average Bonchev–Trinajstić information content (AvgIpc) is 2.49. The van der Waals surface area contributed by atoms with Gasteiger partial charge >= 0.3 is 0 Å². The normalized spacial score (nSPS) is 11.9. The summed E-state index contributed by atoms with van der Waals surface area (Å²) < 4.78 is 12.9. The Morgan fingerprint density at radius 3 is 2.30 bits per heavy atom. The molecule has 0 saturated carbocycles. The number of likely N-dealkylation sites (N-methyl/N-ethyl adjacent to an activating group) is 1. The van der Waals surface area contributed by atoms with Crippen LogP contribution in [0.3, 0.4) is 0 Å². The molecule has 2 aromatic rings. The van der Waals surface area contributed by atoms with Crippen molar-refractivity contribution < 1.29 is 9.18 Å². The molecule has 0 spiro atoms. The molecule has 1 amide bonds. The lowest BCUT2D eigenvalue weighted by atomic mass is 10.00. The van der Waals surface area contributed by atoms with Crippen molar-refractivity contribution in [2.75, 3.05) is 7.05 Å². The van der Waals surface area contributed by atoms with Gasteiger partial charge in [-0.25, -0.2) is 4.39 Å². The number of carbonyl (C=O) groups is 1. The van der Waals surface area contributed by atoms with Gasteiger partial charge in [0, 0.05) is 13.6 Å². The first-order chi connectivity index (χ1) is 9.58. The number of hydrogen-bond acceptors (Lipinski definition) is 1. The summed E-state index contributed by atoms with van der Waals surface area (Å²) in [5, 5.41) is 0. The summed E-state index contributed by atoms with van der Waals surface area (Å²) in [7, 11) is 1.77. The fourth-order valence-corrected chi connectivity index (χ4v) is 2.16. The molecule has 0 saturated heterocycles. The largest absolute Gasteiger partial charge is 0.341 e. The van der Waals surface area contributed by atoms with Crippen molar-refractivity contribution in [2.24, 2.45) is 0 Å². The van der Waals surface area contributed by atoms with Crippen LogP contribution in [0, 0.1) is 5.82 Å². The van der Waals surface area contributed by atoms with E-state index in [1.807, 2.05) is 37.3 Å². The fourth-order valence-electron chi connectivity index (χ4n) is 2.16. The molecule has 0 heterocycles. The van der Waals surface area contributed by atoms with E-state index in [1.54, 1.807) is 24.1 Å². The standard InChI is InChI=1S/C17H18FNO/c1-13(15-6-4-3-5-7-15)17(20)19(2)12-14-8-10-16(18)11-9-14/h3-11,13H,12H2,1-2H3/t13-/m0/s1. The Morgan fingerprint density at radius 1 is 1.10 bits per heavy atom. The Hall–Kier alpha value is -2.16. The van der Waals surface area contributed by atoms with E-state index in [4.69, 9.17) is 0 Å². The van der Waals surface area contributed by atoms with Gasteiger partial charge in [-0.1, -0.05) is 42.5 Å². The van der Waals surface area contributed by atoms with Crippen molar-refractivity contribution >= 4 is 5.91 Å². The molecule has 0 aliphatic heterocycles. The van der Waals surface area contributed by atoms with Crippen LogP contribution in [0.15, 0.2) is 54.6 Å². The van der Waals surface area contributed by atoms with Gasteiger partial charge in [-0.3, -0.25) is 4.79 Å². The molecule has 0 fully saturated rings. The van der Waals surface area contributed by atoms with E-state index >= 15 is 0 Å². The lowest BCUT2D eigenvalue weighted by molar-refractivity contribution is -0.131. The van der Waals surface area contributed by atoms with Crippen LogP contribution in [0.2, 0.25) is 0 Å². The van der Waals surface area contributed by atoms with Gasteiger partial charge in [0.1, 0.15) is 5.82 Å². The minimum atomic E-state index is -0.264. The molecular formula is C17H18FNO. The predicted octanol–water partition coefficient (Wildman–Crippen LogP) is 3.59. The number of rotatable bonds is 4. The minimum absolute atomic E-state index is 0.0560. The highest BCUT2D eigenvalue weighted by Gasteiger charge is 2.19. The molecule has 0 N–H and O–H groups in total.